The third-order valence-corrected chi connectivity index (χ3v) is 3.20. The fourth-order valence-electron chi connectivity index (χ4n) is 2.21. The molecule has 0 saturated heterocycles. The Labute approximate surface area is 131 Å². The molecule has 1 aromatic carbocycles. The van der Waals surface area contributed by atoms with Gasteiger partial charge in [0.1, 0.15) is 11.8 Å². The van der Waals surface area contributed by atoms with Crippen LogP contribution in [0.5, 0.6) is 0 Å². The molecule has 0 aliphatic heterocycles. The molecule has 2 heterocycles. The predicted octanol–water partition coefficient (Wildman–Crippen LogP) is 2.77. The molecule has 23 heavy (non-hydrogen) atoms. The number of rotatable bonds is 4. The molecular weight excluding hydrogens is 296 g/mol. The van der Waals surface area contributed by atoms with Crippen molar-refractivity contribution in [2.45, 2.75) is 6.54 Å². The zero-order valence-corrected chi connectivity index (χ0v) is 11.9. The van der Waals surface area contributed by atoms with Crippen LogP contribution < -0.4 is 5.32 Å². The number of carboxylic acid groups (broad SMARTS) is 1. The third-order valence-electron chi connectivity index (χ3n) is 3.20. The highest BCUT2D eigenvalue weighted by Gasteiger charge is 2.14. The normalized spacial score (nSPS) is 10.2. The SMILES string of the molecule is N#Cc1cc(-c2ccco2)n(-c2cccc(CNC(=O)O)c2)n1. The molecule has 3 rings (SSSR count). The van der Waals surface area contributed by atoms with Crippen molar-refractivity contribution in [1.29, 1.82) is 5.26 Å². The Morgan fingerprint density at radius 3 is 2.91 bits per heavy atom. The lowest BCUT2D eigenvalue weighted by Gasteiger charge is -2.08. The third kappa shape index (κ3) is 3.06. The minimum atomic E-state index is -1.09. The predicted molar refractivity (Wildman–Crippen MR) is 80.8 cm³/mol. The summed E-state index contributed by atoms with van der Waals surface area (Å²) >= 11 is 0. The Morgan fingerprint density at radius 2 is 2.22 bits per heavy atom. The van der Waals surface area contributed by atoms with Gasteiger partial charge in [0, 0.05) is 12.6 Å². The maximum atomic E-state index is 10.6. The average Bonchev–Trinajstić information content (AvgIpc) is 3.22. The van der Waals surface area contributed by atoms with E-state index in [1.807, 2.05) is 12.1 Å². The highest BCUT2D eigenvalue weighted by atomic mass is 16.4. The topological polar surface area (TPSA) is 104 Å². The van der Waals surface area contributed by atoms with Crippen molar-refractivity contribution in [3.05, 3.63) is 60.0 Å². The molecule has 0 bridgehead atoms. The van der Waals surface area contributed by atoms with Gasteiger partial charge in [0.25, 0.3) is 0 Å². The monoisotopic (exact) mass is 308 g/mol. The smallest absolute Gasteiger partial charge is 0.404 e. The Balaban J connectivity index is 2.02. The summed E-state index contributed by atoms with van der Waals surface area (Å²) in [5.74, 6) is 0.591. The summed E-state index contributed by atoms with van der Waals surface area (Å²) in [4.78, 5) is 10.6. The van der Waals surface area contributed by atoms with Crippen LogP contribution in [-0.4, -0.2) is 21.0 Å². The number of hydrogen-bond donors (Lipinski definition) is 2. The molecule has 7 nitrogen and oxygen atoms in total. The maximum Gasteiger partial charge on any atom is 0.404 e. The van der Waals surface area contributed by atoms with Crippen LogP contribution in [0.1, 0.15) is 11.3 Å². The second-order valence-electron chi connectivity index (χ2n) is 4.74. The van der Waals surface area contributed by atoms with Crippen molar-refractivity contribution in [3.8, 4) is 23.2 Å². The van der Waals surface area contributed by atoms with E-state index in [0.29, 0.717) is 17.1 Å². The second-order valence-corrected chi connectivity index (χ2v) is 4.74. The molecule has 0 aliphatic rings. The summed E-state index contributed by atoms with van der Waals surface area (Å²) in [5.41, 5.74) is 2.41. The molecule has 114 valence electrons. The highest BCUT2D eigenvalue weighted by Crippen LogP contribution is 2.24. The lowest BCUT2D eigenvalue weighted by molar-refractivity contribution is 0.194. The van der Waals surface area contributed by atoms with Gasteiger partial charge in [-0.05, 0) is 29.8 Å². The van der Waals surface area contributed by atoms with Crippen LogP contribution in [-0.2, 0) is 6.54 Å². The van der Waals surface area contributed by atoms with Gasteiger partial charge in [0.15, 0.2) is 11.5 Å². The van der Waals surface area contributed by atoms with Crippen molar-refractivity contribution in [2.24, 2.45) is 0 Å². The van der Waals surface area contributed by atoms with Crippen LogP contribution in [0.3, 0.4) is 0 Å². The first kappa shape index (κ1) is 14.4. The minimum Gasteiger partial charge on any atom is -0.465 e. The number of benzene rings is 1. The number of furan rings is 1. The number of nitriles is 1. The summed E-state index contributed by atoms with van der Waals surface area (Å²) in [6.45, 7) is 0.186. The van der Waals surface area contributed by atoms with E-state index in [0.717, 1.165) is 5.56 Å². The largest absolute Gasteiger partial charge is 0.465 e. The fourth-order valence-corrected chi connectivity index (χ4v) is 2.21. The van der Waals surface area contributed by atoms with Gasteiger partial charge >= 0.3 is 6.09 Å². The number of hydrogen-bond acceptors (Lipinski definition) is 4. The number of aromatic nitrogens is 2. The Kier molecular flexibility index (Phi) is 3.80. The van der Waals surface area contributed by atoms with Gasteiger partial charge in [-0.2, -0.15) is 10.4 Å². The van der Waals surface area contributed by atoms with Gasteiger partial charge in [0.2, 0.25) is 0 Å². The Bertz CT molecular complexity index is 875. The van der Waals surface area contributed by atoms with Gasteiger partial charge in [-0.25, -0.2) is 9.48 Å². The van der Waals surface area contributed by atoms with Crippen LogP contribution in [0.4, 0.5) is 4.79 Å². The molecule has 0 aliphatic carbocycles. The van der Waals surface area contributed by atoms with Crippen molar-refractivity contribution < 1.29 is 14.3 Å². The lowest BCUT2D eigenvalue weighted by Crippen LogP contribution is -2.19. The van der Waals surface area contributed by atoms with E-state index in [9.17, 15) is 4.79 Å². The molecular formula is C16H12N4O3. The summed E-state index contributed by atoms with van der Waals surface area (Å²) in [6.07, 6.45) is 0.462. The highest BCUT2D eigenvalue weighted by molar-refractivity contribution is 5.64. The van der Waals surface area contributed by atoms with Crippen LogP contribution in [0.25, 0.3) is 17.1 Å². The minimum absolute atomic E-state index is 0.186. The number of amides is 1. The second kappa shape index (κ2) is 6.07. The molecule has 0 radical (unpaired) electrons. The summed E-state index contributed by atoms with van der Waals surface area (Å²) in [7, 11) is 0. The summed E-state index contributed by atoms with van der Waals surface area (Å²) in [5, 5.41) is 24.3. The van der Waals surface area contributed by atoms with E-state index in [4.69, 9.17) is 14.8 Å². The zero-order chi connectivity index (χ0) is 16.2. The quantitative estimate of drug-likeness (QED) is 0.771. The number of carbonyl (C=O) groups is 1. The summed E-state index contributed by atoms with van der Waals surface area (Å²) in [6, 6.07) is 14.4. The molecule has 3 aromatic rings. The van der Waals surface area contributed by atoms with Crippen molar-refractivity contribution in [1.82, 2.24) is 15.1 Å². The Hall–Kier alpha value is -3.53. The van der Waals surface area contributed by atoms with Gasteiger partial charge < -0.3 is 14.8 Å². The molecule has 0 spiro atoms. The first-order valence-electron chi connectivity index (χ1n) is 6.77. The van der Waals surface area contributed by atoms with Gasteiger partial charge in [-0.1, -0.05) is 12.1 Å². The standard InChI is InChI=1S/C16H12N4O3/c17-9-12-8-14(15-5-2-6-23-15)20(19-12)13-4-1-3-11(7-13)10-18-16(21)22/h1-8,18H,10H2,(H,21,22). The fraction of sp³-hybridized carbons (Fsp3) is 0.0625. The van der Waals surface area contributed by atoms with Gasteiger partial charge in [-0.15, -0.1) is 0 Å². The van der Waals surface area contributed by atoms with Gasteiger partial charge in [-0.3, -0.25) is 0 Å². The van der Waals surface area contributed by atoms with Crippen LogP contribution in [0.15, 0.2) is 53.1 Å². The molecule has 2 aromatic heterocycles. The average molecular weight is 308 g/mol. The van der Waals surface area contributed by atoms with E-state index in [1.165, 1.54) is 0 Å². The Morgan fingerprint density at radius 1 is 1.35 bits per heavy atom. The summed E-state index contributed by atoms with van der Waals surface area (Å²) < 4.78 is 6.99. The van der Waals surface area contributed by atoms with Gasteiger partial charge in [0.05, 0.1) is 12.0 Å². The zero-order valence-electron chi connectivity index (χ0n) is 11.9. The molecule has 0 saturated carbocycles. The van der Waals surface area contributed by atoms with Crippen molar-refractivity contribution >= 4 is 6.09 Å². The van der Waals surface area contributed by atoms with E-state index in [-0.39, 0.29) is 12.2 Å². The first-order chi connectivity index (χ1) is 11.2. The van der Waals surface area contributed by atoms with E-state index in [1.54, 1.807) is 47.3 Å². The first-order valence-corrected chi connectivity index (χ1v) is 6.77. The number of nitrogens with zero attached hydrogens (tertiary/aromatic N) is 3. The van der Waals surface area contributed by atoms with Crippen molar-refractivity contribution in [3.63, 3.8) is 0 Å². The van der Waals surface area contributed by atoms with Crippen LogP contribution in [0, 0.1) is 11.3 Å². The van der Waals surface area contributed by atoms with Crippen LogP contribution >= 0.6 is 0 Å². The van der Waals surface area contributed by atoms with E-state index < -0.39 is 6.09 Å². The number of nitrogens with one attached hydrogen (secondary N) is 1. The molecule has 7 heteroatoms. The van der Waals surface area contributed by atoms with Crippen LogP contribution in [0.2, 0.25) is 0 Å². The van der Waals surface area contributed by atoms with E-state index >= 15 is 0 Å². The molecule has 1 amide bonds. The molecule has 2 N–H and O–H groups in total. The van der Waals surface area contributed by atoms with E-state index in [2.05, 4.69) is 10.4 Å². The lowest BCUT2D eigenvalue weighted by atomic mass is 10.2. The molecule has 0 unspecified atom stereocenters. The molecule has 0 atom stereocenters. The van der Waals surface area contributed by atoms with Crippen molar-refractivity contribution in [2.75, 3.05) is 0 Å². The maximum absolute atomic E-state index is 10.6. The molecule has 0 fully saturated rings.